The van der Waals surface area contributed by atoms with Crippen LogP contribution in [-0.2, 0) is 0 Å². The standard InChI is InChI=1S/C11H16N4O3S/c1-2-3-4-5-19-11-9(10(12)14-16)6-8(7-13-11)15(17)18/h6-7,16H,2-5H2,1H3,(H2,12,14). The molecule has 0 bridgehead atoms. The minimum Gasteiger partial charge on any atom is -0.409 e. The van der Waals surface area contributed by atoms with Gasteiger partial charge in [0.05, 0.1) is 10.5 Å². The van der Waals surface area contributed by atoms with Gasteiger partial charge in [-0.15, -0.1) is 11.8 Å². The Hall–Kier alpha value is -1.83. The Kier molecular flexibility index (Phi) is 6.07. The minimum atomic E-state index is -0.563. The van der Waals surface area contributed by atoms with Crippen LogP contribution in [0.2, 0.25) is 0 Å². The summed E-state index contributed by atoms with van der Waals surface area (Å²) in [4.78, 5) is 14.1. The Bertz CT molecular complexity index is 479. The zero-order chi connectivity index (χ0) is 14.3. The van der Waals surface area contributed by atoms with E-state index >= 15 is 0 Å². The lowest BCUT2D eigenvalue weighted by atomic mass is 10.2. The van der Waals surface area contributed by atoms with Gasteiger partial charge in [-0.3, -0.25) is 10.1 Å². The average Bonchev–Trinajstić information content (AvgIpc) is 2.42. The number of nitro groups is 1. The Morgan fingerprint density at radius 1 is 1.63 bits per heavy atom. The quantitative estimate of drug-likeness (QED) is 0.151. The van der Waals surface area contributed by atoms with Gasteiger partial charge < -0.3 is 10.9 Å². The molecule has 1 heterocycles. The second-order valence-corrected chi connectivity index (χ2v) is 4.93. The SMILES string of the molecule is CCCCCSc1ncc([N+](=O)[O-])cc1C(N)=NO. The van der Waals surface area contributed by atoms with E-state index in [9.17, 15) is 10.1 Å². The Balaban J connectivity index is 2.93. The number of unbranched alkanes of at least 4 members (excludes halogenated alkanes) is 2. The van der Waals surface area contributed by atoms with E-state index in [-0.39, 0.29) is 17.1 Å². The van der Waals surface area contributed by atoms with Crippen molar-refractivity contribution >= 4 is 23.3 Å². The van der Waals surface area contributed by atoms with Crippen molar-refractivity contribution in [1.29, 1.82) is 0 Å². The molecule has 1 rings (SSSR count). The molecule has 0 amide bonds. The smallest absolute Gasteiger partial charge is 0.288 e. The van der Waals surface area contributed by atoms with Gasteiger partial charge in [-0.05, 0) is 12.2 Å². The van der Waals surface area contributed by atoms with Crippen molar-refractivity contribution in [2.45, 2.75) is 31.2 Å². The van der Waals surface area contributed by atoms with E-state index in [1.165, 1.54) is 24.0 Å². The molecule has 1 aromatic rings. The van der Waals surface area contributed by atoms with Gasteiger partial charge in [-0.2, -0.15) is 0 Å². The van der Waals surface area contributed by atoms with E-state index in [1.54, 1.807) is 0 Å². The van der Waals surface area contributed by atoms with Crippen molar-refractivity contribution < 1.29 is 10.1 Å². The van der Waals surface area contributed by atoms with Crippen molar-refractivity contribution in [2.24, 2.45) is 10.9 Å². The molecule has 0 atom stereocenters. The molecule has 0 saturated carbocycles. The highest BCUT2D eigenvalue weighted by molar-refractivity contribution is 7.99. The predicted octanol–water partition coefficient (Wildman–Crippen LogP) is 2.37. The van der Waals surface area contributed by atoms with Crippen molar-refractivity contribution in [2.75, 3.05) is 5.75 Å². The van der Waals surface area contributed by atoms with Crippen LogP contribution in [0, 0.1) is 10.1 Å². The molecule has 0 fully saturated rings. The Morgan fingerprint density at radius 3 is 2.95 bits per heavy atom. The maximum atomic E-state index is 10.7. The fourth-order valence-electron chi connectivity index (χ4n) is 1.41. The van der Waals surface area contributed by atoms with Gasteiger partial charge in [-0.1, -0.05) is 24.9 Å². The molecule has 0 aromatic carbocycles. The van der Waals surface area contributed by atoms with Crippen LogP contribution in [0.4, 0.5) is 5.69 Å². The number of oxime groups is 1. The molecule has 0 aliphatic heterocycles. The van der Waals surface area contributed by atoms with Gasteiger partial charge in [0, 0.05) is 6.07 Å². The monoisotopic (exact) mass is 284 g/mol. The van der Waals surface area contributed by atoms with E-state index in [2.05, 4.69) is 17.1 Å². The summed E-state index contributed by atoms with van der Waals surface area (Å²) < 4.78 is 0. The average molecular weight is 284 g/mol. The summed E-state index contributed by atoms with van der Waals surface area (Å²) in [5, 5.41) is 22.8. The highest BCUT2D eigenvalue weighted by Crippen LogP contribution is 2.24. The molecule has 1 aromatic heterocycles. The molecule has 0 unspecified atom stereocenters. The van der Waals surface area contributed by atoms with Gasteiger partial charge in [0.2, 0.25) is 0 Å². The first kappa shape index (κ1) is 15.2. The number of nitrogens with two attached hydrogens (primary N) is 1. The van der Waals surface area contributed by atoms with Crippen LogP contribution in [0.5, 0.6) is 0 Å². The summed E-state index contributed by atoms with van der Waals surface area (Å²) in [6.45, 7) is 2.11. The zero-order valence-electron chi connectivity index (χ0n) is 10.6. The van der Waals surface area contributed by atoms with Gasteiger partial charge >= 0.3 is 0 Å². The summed E-state index contributed by atoms with van der Waals surface area (Å²) in [6, 6.07) is 1.27. The van der Waals surface area contributed by atoms with Crippen LogP contribution in [-0.4, -0.2) is 26.7 Å². The van der Waals surface area contributed by atoms with Crippen LogP contribution in [0.15, 0.2) is 22.4 Å². The van der Waals surface area contributed by atoms with Crippen molar-refractivity contribution in [1.82, 2.24) is 4.98 Å². The molecule has 0 aliphatic rings. The summed E-state index contributed by atoms with van der Waals surface area (Å²) in [6.07, 6.45) is 4.42. The largest absolute Gasteiger partial charge is 0.409 e. The van der Waals surface area contributed by atoms with E-state index in [0.29, 0.717) is 5.03 Å². The molecular formula is C11H16N4O3S. The third-order valence-corrected chi connectivity index (χ3v) is 3.51. The van der Waals surface area contributed by atoms with Gasteiger partial charge in [0.15, 0.2) is 5.84 Å². The Morgan fingerprint density at radius 2 is 2.37 bits per heavy atom. The summed E-state index contributed by atoms with van der Waals surface area (Å²) in [5.41, 5.74) is 5.63. The molecule has 3 N–H and O–H groups in total. The number of hydrogen-bond acceptors (Lipinski definition) is 6. The van der Waals surface area contributed by atoms with E-state index in [0.717, 1.165) is 25.0 Å². The molecule has 0 spiro atoms. The molecule has 104 valence electrons. The van der Waals surface area contributed by atoms with Crippen molar-refractivity contribution in [3.8, 4) is 0 Å². The summed E-state index contributed by atoms with van der Waals surface area (Å²) in [7, 11) is 0. The maximum Gasteiger partial charge on any atom is 0.288 e. The number of pyridine rings is 1. The second kappa shape index (κ2) is 7.57. The number of amidine groups is 1. The number of aromatic nitrogens is 1. The lowest BCUT2D eigenvalue weighted by Crippen LogP contribution is -2.15. The maximum absolute atomic E-state index is 10.7. The molecule has 19 heavy (non-hydrogen) atoms. The number of nitrogens with zero attached hydrogens (tertiary/aromatic N) is 3. The third kappa shape index (κ3) is 4.40. The fraction of sp³-hybridized carbons (Fsp3) is 0.455. The van der Waals surface area contributed by atoms with Gasteiger partial charge in [0.25, 0.3) is 5.69 Å². The first-order valence-electron chi connectivity index (χ1n) is 5.85. The summed E-state index contributed by atoms with van der Waals surface area (Å²) >= 11 is 1.45. The molecular weight excluding hydrogens is 268 g/mol. The number of rotatable bonds is 7. The predicted molar refractivity (Wildman–Crippen MR) is 73.7 cm³/mol. The van der Waals surface area contributed by atoms with E-state index in [4.69, 9.17) is 10.9 Å². The lowest BCUT2D eigenvalue weighted by molar-refractivity contribution is -0.385. The lowest BCUT2D eigenvalue weighted by Gasteiger charge is -2.06. The Labute approximate surface area is 115 Å². The highest BCUT2D eigenvalue weighted by Gasteiger charge is 2.15. The zero-order valence-corrected chi connectivity index (χ0v) is 11.4. The molecule has 8 heteroatoms. The van der Waals surface area contributed by atoms with Gasteiger partial charge in [-0.25, -0.2) is 4.98 Å². The topological polar surface area (TPSA) is 115 Å². The van der Waals surface area contributed by atoms with Crippen LogP contribution in [0.25, 0.3) is 0 Å². The first-order valence-corrected chi connectivity index (χ1v) is 6.83. The fourth-order valence-corrected chi connectivity index (χ4v) is 2.40. The third-order valence-electron chi connectivity index (χ3n) is 2.42. The molecule has 7 nitrogen and oxygen atoms in total. The van der Waals surface area contributed by atoms with E-state index < -0.39 is 4.92 Å². The molecule has 0 radical (unpaired) electrons. The summed E-state index contributed by atoms with van der Waals surface area (Å²) in [5.74, 6) is 0.666. The second-order valence-electron chi connectivity index (χ2n) is 3.84. The van der Waals surface area contributed by atoms with Crippen LogP contribution in [0.3, 0.4) is 0 Å². The first-order chi connectivity index (χ1) is 9.10. The normalized spacial score (nSPS) is 11.5. The number of thioether (sulfide) groups is 1. The van der Waals surface area contributed by atoms with Crippen LogP contribution in [0.1, 0.15) is 31.7 Å². The molecule has 0 aliphatic carbocycles. The molecule has 0 saturated heterocycles. The van der Waals surface area contributed by atoms with Crippen molar-refractivity contribution in [3.63, 3.8) is 0 Å². The van der Waals surface area contributed by atoms with E-state index in [1.807, 2.05) is 0 Å². The van der Waals surface area contributed by atoms with Crippen LogP contribution >= 0.6 is 11.8 Å². The van der Waals surface area contributed by atoms with Crippen LogP contribution < -0.4 is 5.73 Å². The van der Waals surface area contributed by atoms with Gasteiger partial charge in [0.1, 0.15) is 11.2 Å². The highest BCUT2D eigenvalue weighted by atomic mass is 32.2. The number of hydrogen-bond donors (Lipinski definition) is 2. The minimum absolute atomic E-state index is 0.172. The van der Waals surface area contributed by atoms with Crippen molar-refractivity contribution in [3.05, 3.63) is 27.9 Å².